The summed E-state index contributed by atoms with van der Waals surface area (Å²) in [6.07, 6.45) is 0.841. The van der Waals surface area contributed by atoms with Crippen molar-refractivity contribution in [2.45, 2.75) is 53.1 Å². The maximum Gasteiger partial charge on any atom is 0.355 e. The molecule has 20 heavy (non-hydrogen) atoms. The number of aryl methyl sites for hydroxylation is 1. The van der Waals surface area contributed by atoms with Gasteiger partial charge in [0.15, 0.2) is 0 Å². The first-order chi connectivity index (χ1) is 9.15. The molecule has 0 aliphatic carbocycles. The first-order valence-corrected chi connectivity index (χ1v) is 6.64. The highest BCUT2D eigenvalue weighted by atomic mass is 16.6. The van der Waals surface area contributed by atoms with E-state index >= 15 is 0 Å². The van der Waals surface area contributed by atoms with Gasteiger partial charge in [-0.1, -0.05) is 0 Å². The molecule has 0 unspecified atom stereocenters. The minimum atomic E-state index is -0.533. The molecule has 0 aliphatic rings. The maximum absolute atomic E-state index is 12.1. The highest BCUT2D eigenvalue weighted by Gasteiger charge is 2.23. The average molecular weight is 281 g/mol. The van der Waals surface area contributed by atoms with E-state index in [2.05, 4.69) is 9.72 Å². The van der Waals surface area contributed by atoms with Gasteiger partial charge in [0.2, 0.25) is 0 Å². The number of H-pyrrole nitrogens is 1. The summed E-state index contributed by atoms with van der Waals surface area (Å²) in [5.41, 5.74) is 2.61. The van der Waals surface area contributed by atoms with E-state index in [1.807, 2.05) is 34.6 Å². The van der Waals surface area contributed by atoms with Crippen molar-refractivity contribution >= 4 is 11.9 Å². The number of esters is 2. The Morgan fingerprint density at radius 1 is 1.20 bits per heavy atom. The summed E-state index contributed by atoms with van der Waals surface area (Å²) in [5.74, 6) is -0.633. The molecule has 0 amide bonds. The number of carbonyl (C=O) groups excluding carboxylic acids is 2. The Morgan fingerprint density at radius 2 is 1.80 bits per heavy atom. The van der Waals surface area contributed by atoms with Gasteiger partial charge in [-0.2, -0.15) is 0 Å². The SMILES string of the molecule is COC(=O)CCc1c(C)[nH]c(C(=O)OC(C)(C)C)c1C. The molecule has 1 aromatic heterocycles. The molecule has 1 N–H and O–H groups in total. The van der Waals surface area contributed by atoms with E-state index < -0.39 is 5.60 Å². The normalized spacial score (nSPS) is 11.3. The molecule has 0 saturated carbocycles. The lowest BCUT2D eigenvalue weighted by molar-refractivity contribution is -0.140. The highest BCUT2D eigenvalue weighted by Crippen LogP contribution is 2.22. The van der Waals surface area contributed by atoms with Crippen LogP contribution in [0.15, 0.2) is 0 Å². The van der Waals surface area contributed by atoms with Crippen LogP contribution in [0.5, 0.6) is 0 Å². The van der Waals surface area contributed by atoms with Crippen LogP contribution < -0.4 is 0 Å². The van der Waals surface area contributed by atoms with Crippen molar-refractivity contribution in [3.8, 4) is 0 Å². The van der Waals surface area contributed by atoms with Crippen molar-refractivity contribution in [3.63, 3.8) is 0 Å². The van der Waals surface area contributed by atoms with Gasteiger partial charge in [-0.15, -0.1) is 0 Å². The van der Waals surface area contributed by atoms with Gasteiger partial charge in [0.05, 0.1) is 7.11 Å². The number of carbonyl (C=O) groups is 2. The summed E-state index contributed by atoms with van der Waals surface area (Å²) in [6.45, 7) is 9.22. The molecule has 0 aromatic carbocycles. The van der Waals surface area contributed by atoms with Gasteiger partial charge >= 0.3 is 11.9 Å². The molecule has 1 aromatic rings. The molecule has 1 heterocycles. The second-order valence-electron chi connectivity index (χ2n) is 5.81. The molecular formula is C15H23NO4. The van der Waals surface area contributed by atoms with Gasteiger partial charge in [-0.3, -0.25) is 4.79 Å². The fourth-order valence-electron chi connectivity index (χ4n) is 2.03. The van der Waals surface area contributed by atoms with Crippen LogP contribution in [0.3, 0.4) is 0 Å². The Morgan fingerprint density at radius 3 is 2.30 bits per heavy atom. The lowest BCUT2D eigenvalue weighted by Gasteiger charge is -2.19. The molecular weight excluding hydrogens is 258 g/mol. The maximum atomic E-state index is 12.1. The predicted molar refractivity (Wildman–Crippen MR) is 75.8 cm³/mol. The van der Waals surface area contributed by atoms with Crippen LogP contribution in [0.25, 0.3) is 0 Å². The largest absolute Gasteiger partial charge is 0.469 e. The Labute approximate surface area is 119 Å². The van der Waals surface area contributed by atoms with E-state index in [4.69, 9.17) is 4.74 Å². The summed E-state index contributed by atoms with van der Waals surface area (Å²) < 4.78 is 9.99. The standard InChI is InChI=1S/C15H23NO4/c1-9-11(7-8-12(17)19-6)10(2)16-13(9)14(18)20-15(3,4)5/h16H,7-8H2,1-6H3. The Kier molecular flexibility index (Phi) is 4.98. The molecule has 0 atom stereocenters. The second kappa shape index (κ2) is 6.11. The van der Waals surface area contributed by atoms with Crippen LogP contribution in [0.2, 0.25) is 0 Å². The third-order valence-electron chi connectivity index (χ3n) is 3.00. The number of methoxy groups -OCH3 is 1. The molecule has 0 fully saturated rings. The van der Waals surface area contributed by atoms with Crippen LogP contribution in [-0.2, 0) is 20.7 Å². The molecule has 1 rings (SSSR count). The summed E-state index contributed by atoms with van der Waals surface area (Å²) in [5, 5.41) is 0. The zero-order chi connectivity index (χ0) is 15.5. The molecule has 0 spiro atoms. The van der Waals surface area contributed by atoms with Crippen molar-refractivity contribution < 1.29 is 19.1 Å². The predicted octanol–water partition coefficient (Wildman–Crippen LogP) is 2.69. The van der Waals surface area contributed by atoms with E-state index in [9.17, 15) is 9.59 Å². The molecule has 112 valence electrons. The number of aromatic nitrogens is 1. The van der Waals surface area contributed by atoms with Crippen LogP contribution >= 0.6 is 0 Å². The number of nitrogens with one attached hydrogen (secondary N) is 1. The Hall–Kier alpha value is -1.78. The molecule has 0 bridgehead atoms. The Bertz CT molecular complexity index is 509. The van der Waals surface area contributed by atoms with E-state index in [0.717, 1.165) is 16.8 Å². The van der Waals surface area contributed by atoms with E-state index in [0.29, 0.717) is 18.5 Å². The zero-order valence-corrected chi connectivity index (χ0v) is 13.0. The highest BCUT2D eigenvalue weighted by molar-refractivity contribution is 5.90. The number of aromatic amines is 1. The zero-order valence-electron chi connectivity index (χ0n) is 13.0. The second-order valence-corrected chi connectivity index (χ2v) is 5.81. The molecule has 5 nitrogen and oxygen atoms in total. The molecule has 5 heteroatoms. The number of hydrogen-bond donors (Lipinski definition) is 1. The van der Waals surface area contributed by atoms with E-state index in [1.54, 1.807) is 0 Å². The minimum absolute atomic E-state index is 0.260. The average Bonchev–Trinajstić information content (AvgIpc) is 2.60. The lowest BCUT2D eigenvalue weighted by Crippen LogP contribution is -2.24. The fraction of sp³-hybridized carbons (Fsp3) is 0.600. The quantitative estimate of drug-likeness (QED) is 0.862. The van der Waals surface area contributed by atoms with Crippen LogP contribution in [0.1, 0.15) is 54.5 Å². The first-order valence-electron chi connectivity index (χ1n) is 6.64. The summed E-state index contributed by atoms with van der Waals surface area (Å²) in [7, 11) is 1.37. The van der Waals surface area contributed by atoms with Crippen LogP contribution in [-0.4, -0.2) is 29.6 Å². The van der Waals surface area contributed by atoms with Crippen LogP contribution in [0, 0.1) is 13.8 Å². The Balaban J connectivity index is 2.91. The fourth-order valence-corrected chi connectivity index (χ4v) is 2.03. The van der Waals surface area contributed by atoms with Gasteiger partial charge < -0.3 is 14.5 Å². The van der Waals surface area contributed by atoms with Crippen molar-refractivity contribution in [3.05, 3.63) is 22.5 Å². The number of rotatable bonds is 4. The molecule has 0 radical (unpaired) electrons. The monoisotopic (exact) mass is 281 g/mol. The van der Waals surface area contributed by atoms with Gasteiger partial charge in [-0.05, 0) is 52.2 Å². The summed E-state index contributed by atoms with van der Waals surface area (Å²) >= 11 is 0. The van der Waals surface area contributed by atoms with Gasteiger partial charge in [0, 0.05) is 12.1 Å². The van der Waals surface area contributed by atoms with Crippen molar-refractivity contribution in [1.82, 2.24) is 4.98 Å². The third-order valence-corrected chi connectivity index (χ3v) is 3.00. The van der Waals surface area contributed by atoms with Crippen molar-refractivity contribution in [2.75, 3.05) is 7.11 Å². The first kappa shape index (κ1) is 16.3. The van der Waals surface area contributed by atoms with E-state index in [-0.39, 0.29) is 11.9 Å². The molecule has 0 aliphatic heterocycles. The number of hydrogen-bond acceptors (Lipinski definition) is 4. The van der Waals surface area contributed by atoms with Gasteiger partial charge in [0.25, 0.3) is 0 Å². The van der Waals surface area contributed by atoms with Gasteiger partial charge in [-0.25, -0.2) is 4.79 Å². The topological polar surface area (TPSA) is 68.4 Å². The number of ether oxygens (including phenoxy) is 2. The minimum Gasteiger partial charge on any atom is -0.469 e. The smallest absolute Gasteiger partial charge is 0.355 e. The van der Waals surface area contributed by atoms with Crippen molar-refractivity contribution in [2.24, 2.45) is 0 Å². The summed E-state index contributed by atoms with van der Waals surface area (Å²) in [4.78, 5) is 26.4. The van der Waals surface area contributed by atoms with Crippen molar-refractivity contribution in [1.29, 1.82) is 0 Å². The van der Waals surface area contributed by atoms with Crippen LogP contribution in [0.4, 0.5) is 0 Å². The lowest BCUT2D eigenvalue weighted by atomic mass is 10.0. The molecule has 0 saturated heterocycles. The van der Waals surface area contributed by atoms with Gasteiger partial charge in [0.1, 0.15) is 11.3 Å². The third kappa shape index (κ3) is 4.11. The van der Waals surface area contributed by atoms with E-state index in [1.165, 1.54) is 7.11 Å². The summed E-state index contributed by atoms with van der Waals surface area (Å²) in [6, 6.07) is 0.